The Morgan fingerprint density at radius 1 is 0.310 bits per heavy atom. The second kappa shape index (κ2) is 13.5. The van der Waals surface area contributed by atoms with E-state index in [4.69, 9.17) is 19.9 Å². The highest BCUT2D eigenvalue weighted by Gasteiger charge is 2.08. The lowest BCUT2D eigenvalue weighted by Crippen LogP contribution is -1.96. The summed E-state index contributed by atoms with van der Waals surface area (Å²) in [7, 11) is 0. The quantitative estimate of drug-likeness (QED) is 0.152. The van der Waals surface area contributed by atoms with E-state index in [0.29, 0.717) is 0 Å². The van der Waals surface area contributed by atoms with E-state index in [2.05, 4.69) is 34.2 Å². The minimum atomic E-state index is 0.856. The van der Waals surface area contributed by atoms with Gasteiger partial charge in [0.25, 0.3) is 0 Å². The van der Waals surface area contributed by atoms with Gasteiger partial charge in [-0.3, -0.25) is 19.9 Å². The van der Waals surface area contributed by atoms with Gasteiger partial charge in [-0.15, -0.1) is 0 Å². The fraction of sp³-hybridized carbons (Fsp3) is 0.167. The molecule has 0 amide bonds. The summed E-state index contributed by atoms with van der Waals surface area (Å²) >= 11 is 0. The van der Waals surface area contributed by atoms with Gasteiger partial charge in [0.1, 0.15) is 0 Å². The third-order valence-electron chi connectivity index (χ3n) is 7.11. The summed E-state index contributed by atoms with van der Waals surface area (Å²) in [5.74, 6) is 0. The van der Waals surface area contributed by atoms with Crippen LogP contribution in [0.1, 0.15) is 37.1 Å². The number of rotatable bonds is 11. The van der Waals surface area contributed by atoms with Crippen LogP contribution >= 0.6 is 0 Å². The molecular weight excluding hydrogens is 516 g/mol. The summed E-state index contributed by atoms with van der Waals surface area (Å²) in [5, 5.41) is 0. The molecule has 6 heterocycles. The van der Waals surface area contributed by atoms with Crippen LogP contribution in [0.5, 0.6) is 0 Å². The molecule has 0 saturated carbocycles. The predicted molar refractivity (Wildman–Crippen MR) is 167 cm³/mol. The SMILES string of the molecule is c1ccc(-c2cccc(-c3cccc(CCCCCCc4cccc(-c5cccc(-c6ccccn6)n5)n4)n3)n2)nc1. The molecule has 42 heavy (non-hydrogen) atoms. The zero-order valence-corrected chi connectivity index (χ0v) is 23.5. The first-order chi connectivity index (χ1) is 20.8. The molecule has 0 bridgehead atoms. The molecule has 6 aromatic heterocycles. The van der Waals surface area contributed by atoms with E-state index in [0.717, 1.165) is 95.5 Å². The summed E-state index contributed by atoms with van der Waals surface area (Å²) in [6.45, 7) is 0. The van der Waals surface area contributed by atoms with Gasteiger partial charge in [0.05, 0.1) is 45.6 Å². The Morgan fingerprint density at radius 3 is 1.07 bits per heavy atom. The van der Waals surface area contributed by atoms with Gasteiger partial charge >= 0.3 is 0 Å². The van der Waals surface area contributed by atoms with Crippen molar-refractivity contribution in [2.24, 2.45) is 0 Å². The molecule has 0 fully saturated rings. The summed E-state index contributed by atoms with van der Waals surface area (Å²) < 4.78 is 0. The van der Waals surface area contributed by atoms with Crippen LogP contribution in [0.2, 0.25) is 0 Å². The summed E-state index contributed by atoms with van der Waals surface area (Å²) in [4.78, 5) is 28.3. The minimum absolute atomic E-state index is 0.856. The molecular formula is C36H32N6. The maximum atomic E-state index is 4.90. The Morgan fingerprint density at radius 2 is 0.667 bits per heavy atom. The standard InChI is InChI=1S/C36H32N6/c1(3-13-27-15-9-19-33(39-27)35-23-11-21-31(41-35)29-17-5-7-25-37-29)2-4-14-28-16-10-20-34(40-28)36-24-12-22-32(42-36)30-18-6-8-26-38-30/h5-12,15-26H,1-4,13-14H2. The van der Waals surface area contributed by atoms with Gasteiger partial charge in [-0.1, -0.05) is 49.2 Å². The van der Waals surface area contributed by atoms with Crippen LogP contribution in [0, 0.1) is 0 Å². The number of nitrogens with zero attached hydrogens (tertiary/aromatic N) is 6. The third-order valence-corrected chi connectivity index (χ3v) is 7.11. The second-order valence-electron chi connectivity index (χ2n) is 10.2. The predicted octanol–water partition coefficient (Wildman–Crippen LogP) is 8.07. The maximum absolute atomic E-state index is 4.90. The molecule has 6 nitrogen and oxygen atoms in total. The topological polar surface area (TPSA) is 77.3 Å². The lowest BCUT2D eigenvalue weighted by atomic mass is 10.1. The second-order valence-corrected chi connectivity index (χ2v) is 10.2. The monoisotopic (exact) mass is 548 g/mol. The molecule has 0 aliphatic rings. The van der Waals surface area contributed by atoms with E-state index in [-0.39, 0.29) is 0 Å². The fourth-order valence-electron chi connectivity index (χ4n) is 4.96. The number of unbranched alkanes of at least 4 members (excludes halogenated alkanes) is 3. The molecule has 0 saturated heterocycles. The Labute approximate surface area is 246 Å². The van der Waals surface area contributed by atoms with Gasteiger partial charge in [-0.2, -0.15) is 0 Å². The Kier molecular flexibility index (Phi) is 8.71. The molecule has 0 aromatic carbocycles. The van der Waals surface area contributed by atoms with Crippen LogP contribution < -0.4 is 0 Å². The Balaban J connectivity index is 0.995. The highest BCUT2D eigenvalue weighted by atomic mass is 14.8. The van der Waals surface area contributed by atoms with Gasteiger partial charge in [0, 0.05) is 23.8 Å². The highest BCUT2D eigenvalue weighted by Crippen LogP contribution is 2.22. The summed E-state index contributed by atoms with van der Waals surface area (Å²) in [6.07, 6.45) is 10.0. The largest absolute Gasteiger partial charge is 0.255 e. The van der Waals surface area contributed by atoms with E-state index in [1.165, 1.54) is 0 Å². The lowest BCUT2D eigenvalue weighted by molar-refractivity contribution is 0.632. The van der Waals surface area contributed by atoms with Crippen LogP contribution in [0.25, 0.3) is 45.6 Å². The minimum Gasteiger partial charge on any atom is -0.255 e. The number of pyridine rings is 6. The first kappa shape index (κ1) is 27.1. The normalized spacial score (nSPS) is 11.0. The molecule has 0 aliphatic heterocycles. The van der Waals surface area contributed by atoms with Crippen molar-refractivity contribution in [3.63, 3.8) is 0 Å². The number of aromatic nitrogens is 6. The molecule has 0 spiro atoms. The van der Waals surface area contributed by atoms with Gasteiger partial charge in [-0.05, 0) is 98.5 Å². The fourth-order valence-corrected chi connectivity index (χ4v) is 4.96. The number of aryl methyl sites for hydroxylation is 2. The molecule has 0 aliphatic carbocycles. The van der Waals surface area contributed by atoms with E-state index in [1.807, 2.05) is 84.9 Å². The number of hydrogen-bond donors (Lipinski definition) is 0. The van der Waals surface area contributed by atoms with Crippen molar-refractivity contribution >= 4 is 0 Å². The summed E-state index contributed by atoms with van der Waals surface area (Å²) in [5.41, 5.74) is 9.19. The molecule has 206 valence electrons. The van der Waals surface area contributed by atoms with Crippen LogP contribution in [0.4, 0.5) is 0 Å². The van der Waals surface area contributed by atoms with E-state index in [9.17, 15) is 0 Å². The average Bonchev–Trinajstić information content (AvgIpc) is 3.07. The first-order valence-electron chi connectivity index (χ1n) is 14.5. The highest BCUT2D eigenvalue weighted by molar-refractivity contribution is 5.62. The molecule has 6 rings (SSSR count). The van der Waals surface area contributed by atoms with Crippen molar-refractivity contribution in [2.45, 2.75) is 38.5 Å². The van der Waals surface area contributed by atoms with E-state index in [1.54, 1.807) is 12.4 Å². The van der Waals surface area contributed by atoms with Gasteiger partial charge < -0.3 is 0 Å². The van der Waals surface area contributed by atoms with Crippen molar-refractivity contribution in [3.05, 3.63) is 133 Å². The molecule has 0 atom stereocenters. The van der Waals surface area contributed by atoms with Crippen molar-refractivity contribution in [1.29, 1.82) is 0 Å². The van der Waals surface area contributed by atoms with Crippen molar-refractivity contribution in [2.75, 3.05) is 0 Å². The smallest absolute Gasteiger partial charge is 0.0894 e. The maximum Gasteiger partial charge on any atom is 0.0894 e. The molecule has 0 radical (unpaired) electrons. The van der Waals surface area contributed by atoms with Crippen LogP contribution in [0.15, 0.2) is 122 Å². The van der Waals surface area contributed by atoms with Crippen molar-refractivity contribution in [3.8, 4) is 45.6 Å². The Hall–Kier alpha value is -5.10. The van der Waals surface area contributed by atoms with Gasteiger partial charge in [0.15, 0.2) is 0 Å². The van der Waals surface area contributed by atoms with E-state index < -0.39 is 0 Å². The first-order valence-corrected chi connectivity index (χ1v) is 14.5. The van der Waals surface area contributed by atoms with Crippen molar-refractivity contribution < 1.29 is 0 Å². The van der Waals surface area contributed by atoms with Gasteiger partial charge in [-0.25, -0.2) is 9.97 Å². The van der Waals surface area contributed by atoms with Gasteiger partial charge in [0.2, 0.25) is 0 Å². The average molecular weight is 549 g/mol. The zero-order chi connectivity index (χ0) is 28.4. The third kappa shape index (κ3) is 6.96. The van der Waals surface area contributed by atoms with Crippen molar-refractivity contribution in [1.82, 2.24) is 29.9 Å². The lowest BCUT2D eigenvalue weighted by Gasteiger charge is -2.07. The van der Waals surface area contributed by atoms with Crippen LogP contribution in [-0.2, 0) is 12.8 Å². The van der Waals surface area contributed by atoms with E-state index >= 15 is 0 Å². The number of hydrogen-bond acceptors (Lipinski definition) is 6. The Bertz CT molecular complexity index is 1610. The van der Waals surface area contributed by atoms with Crippen LogP contribution in [0.3, 0.4) is 0 Å². The molecule has 0 N–H and O–H groups in total. The molecule has 0 unspecified atom stereocenters. The zero-order valence-electron chi connectivity index (χ0n) is 23.5. The molecule has 6 aromatic rings. The molecule has 6 heteroatoms. The summed E-state index contributed by atoms with van der Waals surface area (Å²) in [6, 6.07) is 36.2. The van der Waals surface area contributed by atoms with Crippen LogP contribution in [-0.4, -0.2) is 29.9 Å².